The maximum atomic E-state index is 13.9. The molecule has 1 aliphatic carbocycles. The molecule has 5 aliphatic rings. The van der Waals surface area contributed by atoms with E-state index in [2.05, 4.69) is 77.4 Å². The van der Waals surface area contributed by atoms with Crippen LogP contribution in [0.3, 0.4) is 0 Å². The van der Waals surface area contributed by atoms with E-state index in [0.29, 0.717) is 6.61 Å². The highest BCUT2D eigenvalue weighted by molar-refractivity contribution is 5.86. The number of anilines is 1. The fourth-order valence-corrected chi connectivity index (χ4v) is 8.54. The number of carbonyl (C=O) groups is 1. The molecule has 2 aromatic carbocycles. The lowest BCUT2D eigenvalue weighted by molar-refractivity contribution is -0.185. The number of piperidine rings is 2. The second kappa shape index (κ2) is 6.49. The Morgan fingerprint density at radius 1 is 1.18 bits per heavy atom. The molecule has 5 heteroatoms. The molecule has 4 fully saturated rings. The molecule has 33 heavy (non-hydrogen) atoms. The van der Waals surface area contributed by atoms with E-state index in [0.717, 1.165) is 32.5 Å². The molecular weight excluding hydrogens is 412 g/mol. The molecule has 0 amide bonds. The lowest BCUT2D eigenvalue weighted by atomic mass is 9.43. The van der Waals surface area contributed by atoms with E-state index >= 15 is 0 Å². The quantitative estimate of drug-likeness (QED) is 0.533. The fourth-order valence-electron chi connectivity index (χ4n) is 8.54. The van der Waals surface area contributed by atoms with Crippen LogP contribution in [-0.2, 0) is 26.2 Å². The van der Waals surface area contributed by atoms with E-state index in [1.54, 1.807) is 7.11 Å². The Morgan fingerprint density at radius 3 is 2.76 bits per heavy atom. The normalized spacial score (nSPS) is 39.0. The van der Waals surface area contributed by atoms with E-state index in [-0.39, 0.29) is 17.9 Å². The third kappa shape index (κ3) is 1.98. The van der Waals surface area contributed by atoms with Crippen molar-refractivity contribution in [1.82, 2.24) is 4.90 Å². The van der Waals surface area contributed by atoms with Gasteiger partial charge < -0.3 is 14.4 Å². The number of hydrogen-bond acceptors (Lipinski definition) is 5. The van der Waals surface area contributed by atoms with Crippen molar-refractivity contribution in [2.75, 3.05) is 31.7 Å². The molecule has 170 valence electrons. The first-order valence-corrected chi connectivity index (χ1v) is 12.2. The number of esters is 1. The maximum absolute atomic E-state index is 13.9. The van der Waals surface area contributed by atoms with Gasteiger partial charge in [-0.2, -0.15) is 0 Å². The summed E-state index contributed by atoms with van der Waals surface area (Å²) in [7, 11) is 1.55. The second-order valence-electron chi connectivity index (χ2n) is 10.3. The SMILES string of the molecule is C/C=C1\CN2CC[C@@]34c5ccccc5N(Cc5ccccc5)[C@]35OC[C@@]4(C(=O)OC)[C@H]1C[C@H]25. The van der Waals surface area contributed by atoms with Crippen LogP contribution in [0, 0.1) is 11.3 Å². The van der Waals surface area contributed by atoms with Gasteiger partial charge in [0, 0.05) is 31.2 Å². The predicted molar refractivity (Wildman–Crippen MR) is 126 cm³/mol. The Labute approximate surface area is 195 Å². The van der Waals surface area contributed by atoms with Crippen LogP contribution < -0.4 is 4.90 Å². The summed E-state index contributed by atoms with van der Waals surface area (Å²) in [4.78, 5) is 19.1. The van der Waals surface area contributed by atoms with Gasteiger partial charge in [-0.15, -0.1) is 0 Å². The van der Waals surface area contributed by atoms with Crippen LogP contribution in [0.2, 0.25) is 0 Å². The molecular formula is C28H30N2O3. The first kappa shape index (κ1) is 19.8. The van der Waals surface area contributed by atoms with Crippen molar-refractivity contribution in [1.29, 1.82) is 0 Å². The summed E-state index contributed by atoms with van der Waals surface area (Å²) in [6.07, 6.45) is 4.09. The van der Waals surface area contributed by atoms with Crippen molar-refractivity contribution in [3.05, 3.63) is 77.4 Å². The summed E-state index contributed by atoms with van der Waals surface area (Å²) >= 11 is 0. The highest BCUT2D eigenvalue weighted by atomic mass is 16.6. The number of rotatable bonds is 3. The number of fused-ring (bicyclic) bond motifs is 3. The van der Waals surface area contributed by atoms with Crippen LogP contribution in [-0.4, -0.2) is 49.4 Å². The fraction of sp³-hybridized carbons (Fsp3) is 0.464. The topological polar surface area (TPSA) is 42.0 Å². The van der Waals surface area contributed by atoms with Crippen molar-refractivity contribution in [3.63, 3.8) is 0 Å². The molecule has 5 bridgehead atoms. The molecule has 0 spiro atoms. The molecule has 2 aromatic rings. The number of para-hydroxylation sites is 1. The molecule has 0 radical (unpaired) electrons. The van der Waals surface area contributed by atoms with Crippen LogP contribution in [0.5, 0.6) is 0 Å². The van der Waals surface area contributed by atoms with E-state index in [4.69, 9.17) is 9.47 Å². The largest absolute Gasteiger partial charge is 0.468 e. The van der Waals surface area contributed by atoms with Gasteiger partial charge >= 0.3 is 5.97 Å². The summed E-state index contributed by atoms with van der Waals surface area (Å²) in [6.45, 7) is 5.20. The van der Waals surface area contributed by atoms with E-state index in [9.17, 15) is 4.79 Å². The summed E-state index contributed by atoms with van der Waals surface area (Å²) in [6, 6.07) is 19.6. The monoisotopic (exact) mass is 442 g/mol. The minimum atomic E-state index is -0.700. The zero-order valence-electron chi connectivity index (χ0n) is 19.3. The number of benzene rings is 2. The molecule has 4 heterocycles. The minimum Gasteiger partial charge on any atom is -0.468 e. The van der Waals surface area contributed by atoms with Gasteiger partial charge in [0.2, 0.25) is 0 Å². The molecule has 5 atom stereocenters. The van der Waals surface area contributed by atoms with E-state index in [1.165, 1.54) is 22.4 Å². The van der Waals surface area contributed by atoms with E-state index in [1.807, 2.05) is 0 Å². The molecule has 0 N–H and O–H groups in total. The maximum Gasteiger partial charge on any atom is 0.315 e. The highest BCUT2D eigenvalue weighted by Gasteiger charge is 2.87. The van der Waals surface area contributed by atoms with Crippen molar-refractivity contribution in [2.24, 2.45) is 11.3 Å². The van der Waals surface area contributed by atoms with Crippen LogP contribution in [0.25, 0.3) is 0 Å². The zero-order valence-corrected chi connectivity index (χ0v) is 19.3. The van der Waals surface area contributed by atoms with Gasteiger partial charge in [-0.05, 0) is 37.0 Å². The number of nitrogens with zero attached hydrogens (tertiary/aromatic N) is 2. The lowest BCUT2D eigenvalue weighted by Gasteiger charge is -2.67. The number of methoxy groups -OCH3 is 1. The lowest BCUT2D eigenvalue weighted by Crippen LogP contribution is -2.80. The second-order valence-corrected chi connectivity index (χ2v) is 10.3. The van der Waals surface area contributed by atoms with Gasteiger partial charge in [0.1, 0.15) is 5.41 Å². The average molecular weight is 443 g/mol. The first-order chi connectivity index (χ1) is 16.1. The first-order valence-electron chi connectivity index (χ1n) is 12.2. The molecule has 0 unspecified atom stereocenters. The molecule has 7 rings (SSSR count). The number of ether oxygens (including phenoxy) is 2. The number of hydrogen-bond donors (Lipinski definition) is 0. The summed E-state index contributed by atoms with van der Waals surface area (Å²) in [5, 5.41) is 0. The Kier molecular flexibility index (Phi) is 3.89. The van der Waals surface area contributed by atoms with Gasteiger partial charge in [-0.3, -0.25) is 9.69 Å². The predicted octanol–water partition coefficient (Wildman–Crippen LogP) is 3.88. The third-order valence-electron chi connectivity index (χ3n) is 9.61. The summed E-state index contributed by atoms with van der Waals surface area (Å²) in [5.41, 5.74) is 3.44. The van der Waals surface area contributed by atoms with Crippen LogP contribution in [0.15, 0.2) is 66.2 Å². The van der Waals surface area contributed by atoms with Gasteiger partial charge in [0.25, 0.3) is 0 Å². The van der Waals surface area contributed by atoms with Crippen LogP contribution in [0.4, 0.5) is 5.69 Å². The average Bonchev–Trinajstić information content (AvgIpc) is 3.26. The van der Waals surface area contributed by atoms with Gasteiger partial charge in [-0.25, -0.2) is 0 Å². The van der Waals surface area contributed by atoms with Crippen LogP contribution >= 0.6 is 0 Å². The van der Waals surface area contributed by atoms with Gasteiger partial charge in [0.15, 0.2) is 5.72 Å². The molecule has 3 saturated heterocycles. The third-order valence-corrected chi connectivity index (χ3v) is 9.61. The minimum absolute atomic E-state index is 0.0983. The summed E-state index contributed by atoms with van der Waals surface area (Å²) in [5.74, 6) is 0.0516. The Balaban J connectivity index is 1.54. The van der Waals surface area contributed by atoms with Gasteiger partial charge in [0.05, 0.1) is 25.2 Å². The van der Waals surface area contributed by atoms with Crippen molar-refractivity contribution < 1.29 is 14.3 Å². The highest BCUT2D eigenvalue weighted by Crippen LogP contribution is 2.76. The standard InChI is InChI=1S/C28H30N2O3/c1-3-20-17-29-14-13-27-21-11-7-8-12-23(21)30(16-19-9-5-4-6-10-19)28(27)24(29)15-22(20)26(27,18-33-28)25(31)32-2/h3-12,22,24H,13-18H2,1-2H3/b20-3+/t22-,24-,26-,27-,28+/m0/s1. The molecule has 4 aliphatic heterocycles. The molecule has 1 saturated carbocycles. The zero-order chi connectivity index (χ0) is 22.4. The Hall–Kier alpha value is -2.63. The Morgan fingerprint density at radius 2 is 1.97 bits per heavy atom. The smallest absolute Gasteiger partial charge is 0.315 e. The van der Waals surface area contributed by atoms with Crippen molar-refractivity contribution in [3.8, 4) is 0 Å². The van der Waals surface area contributed by atoms with E-state index < -0.39 is 16.6 Å². The van der Waals surface area contributed by atoms with Crippen molar-refractivity contribution in [2.45, 2.75) is 43.5 Å². The van der Waals surface area contributed by atoms with Crippen LogP contribution in [0.1, 0.15) is 30.9 Å². The molecule has 5 nitrogen and oxygen atoms in total. The molecule has 0 aromatic heterocycles. The van der Waals surface area contributed by atoms with Crippen molar-refractivity contribution >= 4 is 11.7 Å². The Bertz CT molecular complexity index is 1180. The number of allylic oxidation sites excluding steroid dienone is 1. The number of carbonyl (C=O) groups excluding carboxylic acids is 1. The van der Waals surface area contributed by atoms with Gasteiger partial charge in [-0.1, -0.05) is 60.2 Å². The summed E-state index contributed by atoms with van der Waals surface area (Å²) < 4.78 is 12.7.